The number of carbonyl (C=O) groups is 1. The van der Waals surface area contributed by atoms with Crippen LogP contribution in [0.4, 0.5) is 14.5 Å². The van der Waals surface area contributed by atoms with E-state index in [0.29, 0.717) is 13.1 Å². The summed E-state index contributed by atoms with van der Waals surface area (Å²) in [6, 6.07) is 11.5. The molecule has 0 radical (unpaired) electrons. The molecule has 206 valence electrons. The van der Waals surface area contributed by atoms with E-state index in [-0.39, 0.29) is 29.4 Å². The maximum atomic E-state index is 15.4. The van der Waals surface area contributed by atoms with Gasteiger partial charge in [0, 0.05) is 37.6 Å². The third-order valence-corrected chi connectivity index (χ3v) is 9.03. The van der Waals surface area contributed by atoms with Gasteiger partial charge in [-0.25, -0.2) is 31.5 Å². The monoisotopic (exact) mass is 557 g/mol. The van der Waals surface area contributed by atoms with Crippen molar-refractivity contribution in [3.8, 4) is 0 Å². The van der Waals surface area contributed by atoms with Crippen molar-refractivity contribution in [3.05, 3.63) is 89.5 Å². The van der Waals surface area contributed by atoms with E-state index in [4.69, 9.17) is 5.73 Å². The van der Waals surface area contributed by atoms with Crippen LogP contribution in [0.25, 0.3) is 0 Å². The number of pyridine rings is 2. The van der Waals surface area contributed by atoms with Gasteiger partial charge in [-0.05, 0) is 55.9 Å². The summed E-state index contributed by atoms with van der Waals surface area (Å²) < 4.78 is 56.9. The van der Waals surface area contributed by atoms with Crippen molar-refractivity contribution in [1.82, 2.24) is 19.2 Å². The van der Waals surface area contributed by atoms with Crippen LogP contribution in [0.2, 0.25) is 0 Å². The second-order valence-corrected chi connectivity index (χ2v) is 11.4. The highest BCUT2D eigenvalue weighted by Crippen LogP contribution is 2.40. The van der Waals surface area contributed by atoms with Gasteiger partial charge in [0.15, 0.2) is 0 Å². The minimum atomic E-state index is -4.09. The summed E-state index contributed by atoms with van der Waals surface area (Å²) in [7, 11) is -2.78. The lowest BCUT2D eigenvalue weighted by Crippen LogP contribution is -2.59. The number of nitrogens with zero attached hydrogens (tertiary/aromatic N) is 5. The van der Waals surface area contributed by atoms with Crippen molar-refractivity contribution >= 4 is 27.6 Å². The summed E-state index contributed by atoms with van der Waals surface area (Å²) >= 11 is 0. The van der Waals surface area contributed by atoms with Gasteiger partial charge in [0.05, 0.1) is 11.9 Å². The predicted molar refractivity (Wildman–Crippen MR) is 143 cm³/mol. The third kappa shape index (κ3) is 5.73. The summed E-state index contributed by atoms with van der Waals surface area (Å²) in [5, 5.41) is 1.36. The van der Waals surface area contributed by atoms with Gasteiger partial charge in [0.2, 0.25) is 16.0 Å². The minimum absolute atomic E-state index is 0.00253. The first-order chi connectivity index (χ1) is 18.5. The number of hydrogen-bond donors (Lipinski definition) is 2. The normalized spacial score (nSPS) is 20.5. The number of guanidine groups is 1. The van der Waals surface area contributed by atoms with Gasteiger partial charge in [0.25, 0.3) is 5.91 Å². The molecule has 0 fully saturated rings. The van der Waals surface area contributed by atoms with E-state index in [1.54, 1.807) is 12.3 Å². The van der Waals surface area contributed by atoms with Gasteiger partial charge in [-0.15, -0.1) is 0 Å². The third-order valence-electron chi connectivity index (χ3n) is 6.75. The van der Waals surface area contributed by atoms with Crippen LogP contribution in [-0.4, -0.2) is 64.8 Å². The van der Waals surface area contributed by atoms with E-state index >= 15 is 4.39 Å². The van der Waals surface area contributed by atoms with Crippen LogP contribution in [0, 0.1) is 11.6 Å². The summed E-state index contributed by atoms with van der Waals surface area (Å²) in [5.74, 6) is -2.26. The highest BCUT2D eigenvalue weighted by atomic mass is 32.2. The van der Waals surface area contributed by atoms with Crippen molar-refractivity contribution in [2.75, 3.05) is 25.5 Å². The number of halogens is 2. The van der Waals surface area contributed by atoms with Crippen LogP contribution in [-0.2, 0) is 22.1 Å². The molecule has 1 aliphatic rings. The zero-order valence-corrected chi connectivity index (χ0v) is 22.5. The Balaban J connectivity index is 1.73. The molecule has 0 aliphatic carbocycles. The maximum absolute atomic E-state index is 15.4. The largest absolute Gasteiger partial charge is 0.369 e. The first-order valence-corrected chi connectivity index (χ1v) is 13.6. The number of rotatable bonds is 8. The second-order valence-electron chi connectivity index (χ2n) is 9.28. The van der Waals surface area contributed by atoms with Crippen molar-refractivity contribution < 1.29 is 22.0 Å². The Bertz CT molecular complexity index is 1490. The Hall–Kier alpha value is -3.97. The van der Waals surface area contributed by atoms with Crippen LogP contribution in [0.5, 0.6) is 0 Å². The van der Waals surface area contributed by atoms with E-state index < -0.39 is 38.4 Å². The van der Waals surface area contributed by atoms with Crippen molar-refractivity contribution in [2.45, 2.75) is 31.2 Å². The standard InChI is InChI=1S/C26H29F2N7O3S/c1-4-35(15-19-7-5-6-12-30-19)16-23-26(2,33-25(29)34(3)39(23,37)38)20-13-18(9-10-21(20)28)32-24(36)22-11-8-17(27)14-31-22/h5-14,23H,4,15-16H2,1-3H3,(H2,29,33)(H,32,36)/t23-,26+/m0/s1. The van der Waals surface area contributed by atoms with Crippen LogP contribution in [0.1, 0.15) is 35.6 Å². The van der Waals surface area contributed by atoms with Gasteiger partial charge in [-0.3, -0.25) is 14.7 Å². The number of carbonyl (C=O) groups excluding carboxylic acids is 1. The summed E-state index contributed by atoms with van der Waals surface area (Å²) in [5.41, 5.74) is 5.17. The zero-order chi connectivity index (χ0) is 28.4. The van der Waals surface area contributed by atoms with Crippen LogP contribution < -0.4 is 11.1 Å². The molecule has 2 aromatic heterocycles. The molecule has 0 bridgehead atoms. The fraction of sp³-hybridized carbons (Fsp3) is 0.308. The van der Waals surface area contributed by atoms with E-state index in [1.807, 2.05) is 24.0 Å². The Morgan fingerprint density at radius 1 is 1.18 bits per heavy atom. The topological polar surface area (TPSA) is 134 Å². The molecule has 13 heteroatoms. The average Bonchev–Trinajstić information content (AvgIpc) is 2.91. The van der Waals surface area contributed by atoms with Crippen molar-refractivity contribution in [3.63, 3.8) is 0 Å². The molecule has 1 aliphatic heterocycles. The second kappa shape index (κ2) is 11.0. The molecule has 3 heterocycles. The fourth-order valence-electron chi connectivity index (χ4n) is 4.45. The Kier molecular flexibility index (Phi) is 7.93. The highest BCUT2D eigenvalue weighted by Gasteiger charge is 2.52. The lowest BCUT2D eigenvalue weighted by molar-refractivity contribution is 0.102. The van der Waals surface area contributed by atoms with Crippen LogP contribution in [0.15, 0.2) is 65.9 Å². The smallest absolute Gasteiger partial charge is 0.274 e. The molecule has 39 heavy (non-hydrogen) atoms. The first kappa shape index (κ1) is 28.0. The van der Waals surface area contributed by atoms with E-state index in [0.717, 1.165) is 28.3 Å². The molecule has 2 atom stereocenters. The number of hydrogen-bond acceptors (Lipinski definition) is 8. The molecular formula is C26H29F2N7O3S. The van der Waals surface area contributed by atoms with E-state index in [1.165, 1.54) is 32.2 Å². The van der Waals surface area contributed by atoms with Gasteiger partial charge in [-0.2, -0.15) is 0 Å². The summed E-state index contributed by atoms with van der Waals surface area (Å²) in [6.07, 6.45) is 2.56. The molecule has 1 aromatic carbocycles. The Morgan fingerprint density at radius 3 is 2.59 bits per heavy atom. The molecule has 3 aromatic rings. The predicted octanol–water partition coefficient (Wildman–Crippen LogP) is 2.70. The number of anilines is 1. The lowest BCUT2D eigenvalue weighted by Gasteiger charge is -2.43. The summed E-state index contributed by atoms with van der Waals surface area (Å²) in [4.78, 5) is 27.1. The summed E-state index contributed by atoms with van der Waals surface area (Å²) in [6.45, 7) is 4.26. The van der Waals surface area contributed by atoms with Crippen LogP contribution >= 0.6 is 0 Å². The Labute approximate surface area is 225 Å². The SMILES string of the molecule is CCN(Cc1ccccn1)C[C@H]1[C@@](C)(c2cc(NC(=O)c3ccc(F)cn3)ccc2F)N=C(N)N(C)S1(=O)=O. The number of aliphatic imine (C=N–C) groups is 1. The van der Waals surface area contributed by atoms with Crippen molar-refractivity contribution in [2.24, 2.45) is 10.7 Å². The molecule has 4 rings (SSSR count). The van der Waals surface area contributed by atoms with Gasteiger partial charge >= 0.3 is 0 Å². The van der Waals surface area contributed by atoms with Crippen LogP contribution in [0.3, 0.4) is 0 Å². The number of amides is 1. The molecule has 0 saturated carbocycles. The molecule has 10 nitrogen and oxygen atoms in total. The number of nitrogens with two attached hydrogens (primary N) is 1. The molecule has 3 N–H and O–H groups in total. The fourth-order valence-corrected chi connectivity index (χ4v) is 6.30. The number of aromatic nitrogens is 2. The van der Waals surface area contributed by atoms with Gasteiger partial charge < -0.3 is 11.1 Å². The number of nitrogens with one attached hydrogen (secondary N) is 1. The molecule has 0 saturated heterocycles. The molecular weight excluding hydrogens is 528 g/mol. The zero-order valence-electron chi connectivity index (χ0n) is 21.7. The quantitative estimate of drug-likeness (QED) is 0.435. The first-order valence-electron chi connectivity index (χ1n) is 12.1. The highest BCUT2D eigenvalue weighted by molar-refractivity contribution is 7.90. The Morgan fingerprint density at radius 2 is 1.95 bits per heavy atom. The average molecular weight is 558 g/mol. The number of sulfonamides is 1. The minimum Gasteiger partial charge on any atom is -0.369 e. The van der Waals surface area contributed by atoms with Gasteiger partial charge in [0.1, 0.15) is 28.1 Å². The van der Waals surface area contributed by atoms with Crippen molar-refractivity contribution in [1.29, 1.82) is 0 Å². The lowest BCUT2D eigenvalue weighted by atomic mass is 9.87. The molecule has 0 spiro atoms. The van der Waals surface area contributed by atoms with E-state index in [2.05, 4.69) is 20.3 Å². The number of benzene rings is 1. The van der Waals surface area contributed by atoms with Gasteiger partial charge in [-0.1, -0.05) is 13.0 Å². The van der Waals surface area contributed by atoms with E-state index in [9.17, 15) is 17.6 Å². The maximum Gasteiger partial charge on any atom is 0.274 e. The molecule has 1 amide bonds. The molecule has 0 unspecified atom stereocenters.